The summed E-state index contributed by atoms with van der Waals surface area (Å²) < 4.78 is 0. The fourth-order valence-corrected chi connectivity index (χ4v) is 5.36. The second-order valence-corrected chi connectivity index (χ2v) is 8.17. The van der Waals surface area contributed by atoms with Gasteiger partial charge in [-0.1, -0.05) is 6.42 Å². The van der Waals surface area contributed by atoms with E-state index in [0.717, 1.165) is 5.25 Å². The van der Waals surface area contributed by atoms with Crippen molar-refractivity contribution in [1.29, 1.82) is 0 Å². The van der Waals surface area contributed by atoms with Crippen LogP contribution in [0.15, 0.2) is 0 Å². The molecule has 1 aromatic heterocycles. The lowest BCUT2D eigenvalue weighted by Gasteiger charge is -2.34. The van der Waals surface area contributed by atoms with E-state index < -0.39 is 0 Å². The van der Waals surface area contributed by atoms with Crippen molar-refractivity contribution in [2.75, 3.05) is 19.3 Å². The zero-order valence-electron chi connectivity index (χ0n) is 12.0. The third-order valence-electron chi connectivity index (χ3n) is 4.46. The zero-order valence-corrected chi connectivity index (χ0v) is 13.7. The first kappa shape index (κ1) is 13.9. The van der Waals surface area contributed by atoms with Crippen LogP contribution in [0.1, 0.15) is 53.7 Å². The van der Waals surface area contributed by atoms with Gasteiger partial charge in [0.15, 0.2) is 0 Å². The Bertz CT molecular complexity index is 430. The maximum absolute atomic E-state index is 4.75. The highest BCUT2D eigenvalue weighted by Gasteiger charge is 2.30. The maximum Gasteiger partial charge on any atom is 0.0900 e. The second-order valence-electron chi connectivity index (χ2n) is 5.80. The van der Waals surface area contributed by atoms with E-state index in [1.54, 1.807) is 4.88 Å². The van der Waals surface area contributed by atoms with Crippen molar-refractivity contribution >= 4 is 23.1 Å². The van der Waals surface area contributed by atoms with Gasteiger partial charge in [-0.25, -0.2) is 4.98 Å². The molecule has 0 saturated carbocycles. The summed E-state index contributed by atoms with van der Waals surface area (Å²) in [5.74, 6) is 0. The van der Waals surface area contributed by atoms with Gasteiger partial charge in [-0.3, -0.25) is 4.90 Å². The topological polar surface area (TPSA) is 16.1 Å². The average Bonchev–Trinajstić information content (AvgIpc) is 2.65. The number of thioether (sulfide) groups is 1. The molecule has 4 heteroatoms. The van der Waals surface area contributed by atoms with Crippen LogP contribution in [0.2, 0.25) is 0 Å². The quantitative estimate of drug-likeness (QED) is 0.819. The molecule has 0 spiro atoms. The summed E-state index contributed by atoms with van der Waals surface area (Å²) in [7, 11) is 0. The van der Waals surface area contributed by atoms with Gasteiger partial charge in [-0.05, 0) is 51.8 Å². The van der Waals surface area contributed by atoms with Gasteiger partial charge in [-0.15, -0.1) is 11.3 Å². The largest absolute Gasteiger partial charge is 0.294 e. The molecular formula is C15H24N2S2. The summed E-state index contributed by atoms with van der Waals surface area (Å²) in [4.78, 5) is 9.10. The number of rotatable bonds is 2. The van der Waals surface area contributed by atoms with Crippen molar-refractivity contribution in [2.45, 2.75) is 56.7 Å². The zero-order chi connectivity index (χ0) is 13.2. The number of nitrogens with zero attached hydrogens (tertiary/aromatic N) is 2. The Balaban J connectivity index is 1.81. The van der Waals surface area contributed by atoms with Crippen LogP contribution in [0, 0.1) is 6.92 Å². The number of hydrogen-bond donors (Lipinski definition) is 0. The van der Waals surface area contributed by atoms with E-state index in [-0.39, 0.29) is 0 Å². The summed E-state index contributed by atoms with van der Waals surface area (Å²) in [5, 5.41) is 2.09. The number of likely N-dealkylation sites (tertiary alicyclic amines) is 1. The minimum Gasteiger partial charge on any atom is -0.294 e. The van der Waals surface area contributed by atoms with Crippen LogP contribution < -0.4 is 0 Å². The van der Waals surface area contributed by atoms with E-state index in [4.69, 9.17) is 4.98 Å². The van der Waals surface area contributed by atoms with Crippen molar-refractivity contribution in [3.05, 3.63) is 15.6 Å². The van der Waals surface area contributed by atoms with Gasteiger partial charge >= 0.3 is 0 Å². The standard InChI is InChI=1S/C15H24N2S2/c1-11-16-13-7-5-8-14(15(13)19-11)17-9-4-3-6-12(10-17)18-2/h12,14H,3-10H2,1-2H3/t12-,14-/m0/s1. The van der Waals surface area contributed by atoms with Crippen LogP contribution in [-0.4, -0.2) is 34.5 Å². The Labute approximate surface area is 125 Å². The molecule has 0 radical (unpaired) electrons. The predicted octanol–water partition coefficient (Wildman–Crippen LogP) is 4.05. The molecule has 106 valence electrons. The lowest BCUT2D eigenvalue weighted by atomic mass is 9.96. The molecule has 1 aliphatic carbocycles. The molecule has 1 aromatic rings. The lowest BCUT2D eigenvalue weighted by Crippen LogP contribution is -2.34. The predicted molar refractivity (Wildman–Crippen MR) is 85.3 cm³/mol. The Morgan fingerprint density at radius 1 is 1.26 bits per heavy atom. The highest BCUT2D eigenvalue weighted by Crippen LogP contribution is 2.39. The van der Waals surface area contributed by atoms with Crippen LogP contribution in [0.4, 0.5) is 0 Å². The number of fused-ring (bicyclic) bond motifs is 1. The van der Waals surface area contributed by atoms with Crippen LogP contribution in [-0.2, 0) is 6.42 Å². The maximum atomic E-state index is 4.75. The molecule has 19 heavy (non-hydrogen) atoms. The Morgan fingerprint density at radius 3 is 3.00 bits per heavy atom. The number of hydrogen-bond acceptors (Lipinski definition) is 4. The molecule has 1 saturated heterocycles. The van der Waals surface area contributed by atoms with Crippen molar-refractivity contribution in [2.24, 2.45) is 0 Å². The van der Waals surface area contributed by atoms with E-state index in [9.17, 15) is 0 Å². The smallest absolute Gasteiger partial charge is 0.0900 e. The molecule has 0 unspecified atom stereocenters. The molecule has 0 aromatic carbocycles. The van der Waals surface area contributed by atoms with Crippen LogP contribution in [0.5, 0.6) is 0 Å². The molecule has 1 aliphatic heterocycles. The molecule has 1 fully saturated rings. The summed E-state index contributed by atoms with van der Waals surface area (Å²) in [6, 6.07) is 0.669. The average molecular weight is 297 g/mol. The van der Waals surface area contributed by atoms with E-state index in [2.05, 4.69) is 29.8 Å². The van der Waals surface area contributed by atoms with E-state index in [1.165, 1.54) is 62.3 Å². The molecular weight excluding hydrogens is 272 g/mol. The number of aromatic nitrogens is 1. The molecule has 2 nitrogen and oxygen atoms in total. The van der Waals surface area contributed by atoms with Crippen molar-refractivity contribution in [1.82, 2.24) is 9.88 Å². The first-order valence-corrected chi connectivity index (χ1v) is 9.61. The molecule has 0 amide bonds. The van der Waals surface area contributed by atoms with Gasteiger partial charge in [0.25, 0.3) is 0 Å². The highest BCUT2D eigenvalue weighted by molar-refractivity contribution is 7.99. The third-order valence-corrected chi connectivity index (χ3v) is 6.63. The van der Waals surface area contributed by atoms with Crippen LogP contribution >= 0.6 is 23.1 Å². The minimum atomic E-state index is 0.669. The second kappa shape index (κ2) is 6.15. The van der Waals surface area contributed by atoms with E-state index in [0.29, 0.717) is 6.04 Å². The van der Waals surface area contributed by atoms with Crippen molar-refractivity contribution in [3.8, 4) is 0 Å². The summed E-state index contributed by atoms with van der Waals surface area (Å²) in [6.07, 6.45) is 10.3. The van der Waals surface area contributed by atoms with Gasteiger partial charge in [0, 0.05) is 22.7 Å². The van der Waals surface area contributed by atoms with E-state index in [1.807, 2.05) is 11.3 Å². The lowest BCUT2D eigenvalue weighted by molar-refractivity contribution is 0.190. The van der Waals surface area contributed by atoms with Gasteiger partial charge in [0.05, 0.1) is 10.7 Å². The monoisotopic (exact) mass is 296 g/mol. The SMILES string of the molecule is CS[C@H]1CCCCN([C@H]2CCCc3nc(C)sc32)C1. The molecule has 2 heterocycles. The van der Waals surface area contributed by atoms with Crippen LogP contribution in [0.3, 0.4) is 0 Å². The molecule has 2 atom stereocenters. The number of aryl methyl sites for hydroxylation is 2. The van der Waals surface area contributed by atoms with E-state index >= 15 is 0 Å². The molecule has 2 aliphatic rings. The molecule has 3 rings (SSSR count). The molecule has 0 N–H and O–H groups in total. The fourth-order valence-electron chi connectivity index (χ4n) is 3.47. The minimum absolute atomic E-state index is 0.669. The Morgan fingerprint density at radius 2 is 2.16 bits per heavy atom. The summed E-state index contributed by atoms with van der Waals surface area (Å²) in [5.41, 5.74) is 1.41. The Kier molecular flexibility index (Phi) is 4.50. The van der Waals surface area contributed by atoms with Gasteiger partial charge < -0.3 is 0 Å². The third kappa shape index (κ3) is 3.01. The van der Waals surface area contributed by atoms with Gasteiger partial charge in [0.2, 0.25) is 0 Å². The normalized spacial score (nSPS) is 28.9. The van der Waals surface area contributed by atoms with Gasteiger partial charge in [0.1, 0.15) is 0 Å². The van der Waals surface area contributed by atoms with Gasteiger partial charge in [-0.2, -0.15) is 11.8 Å². The highest BCUT2D eigenvalue weighted by atomic mass is 32.2. The van der Waals surface area contributed by atoms with Crippen molar-refractivity contribution in [3.63, 3.8) is 0 Å². The summed E-state index contributed by atoms with van der Waals surface area (Å²) in [6.45, 7) is 4.73. The number of thiazole rings is 1. The summed E-state index contributed by atoms with van der Waals surface area (Å²) >= 11 is 4.01. The van der Waals surface area contributed by atoms with Crippen molar-refractivity contribution < 1.29 is 0 Å². The van der Waals surface area contributed by atoms with Crippen LogP contribution in [0.25, 0.3) is 0 Å². The Hall–Kier alpha value is -0.0600. The first-order valence-electron chi connectivity index (χ1n) is 7.51. The fraction of sp³-hybridized carbons (Fsp3) is 0.800. The molecule has 0 bridgehead atoms. The first-order chi connectivity index (χ1) is 9.28.